The van der Waals surface area contributed by atoms with Crippen molar-refractivity contribution in [3.63, 3.8) is 0 Å². The Hall–Kier alpha value is -3.94. The second-order valence-electron chi connectivity index (χ2n) is 7.60. The van der Waals surface area contributed by atoms with E-state index < -0.39 is 29.1 Å². The van der Waals surface area contributed by atoms with Crippen LogP contribution in [0.4, 0.5) is 14.9 Å². The van der Waals surface area contributed by atoms with Gasteiger partial charge in [0.25, 0.3) is 5.91 Å². The molecule has 1 fully saturated rings. The second kappa shape index (κ2) is 9.05. The molecule has 0 radical (unpaired) electrons. The Bertz CT molecular complexity index is 1080. The van der Waals surface area contributed by atoms with Crippen LogP contribution in [0.15, 0.2) is 73.1 Å². The van der Waals surface area contributed by atoms with E-state index in [1.54, 1.807) is 24.5 Å². The highest BCUT2D eigenvalue weighted by Gasteiger charge is 2.53. The van der Waals surface area contributed by atoms with Crippen LogP contribution in [0, 0.1) is 11.2 Å². The molecule has 0 bridgehead atoms. The van der Waals surface area contributed by atoms with Crippen LogP contribution in [-0.2, 0) is 22.4 Å². The Morgan fingerprint density at radius 1 is 0.812 bits per heavy atom. The summed E-state index contributed by atoms with van der Waals surface area (Å²) in [7, 11) is 0. The number of hydrogen-bond acceptors (Lipinski definition) is 5. The lowest BCUT2D eigenvalue weighted by atomic mass is 9.74. The molecule has 3 aromatic rings. The molecule has 0 saturated carbocycles. The van der Waals surface area contributed by atoms with Gasteiger partial charge in [0.15, 0.2) is 0 Å². The molecule has 32 heavy (non-hydrogen) atoms. The minimum atomic E-state index is -1.50. The Balaban J connectivity index is 1.69. The Morgan fingerprint density at radius 2 is 1.38 bits per heavy atom. The lowest BCUT2D eigenvalue weighted by Gasteiger charge is -2.39. The molecule has 1 aromatic carbocycles. The maximum absolute atomic E-state index is 13.7. The minimum Gasteiger partial charge on any atom is -0.276 e. The van der Waals surface area contributed by atoms with Gasteiger partial charge in [-0.1, -0.05) is 12.1 Å². The highest BCUT2D eigenvalue weighted by atomic mass is 19.1. The first-order valence-corrected chi connectivity index (χ1v) is 10.2. The van der Waals surface area contributed by atoms with Crippen LogP contribution in [-0.4, -0.2) is 27.8 Å². The zero-order valence-corrected chi connectivity index (χ0v) is 17.2. The highest BCUT2D eigenvalue weighted by Crippen LogP contribution is 2.37. The maximum atomic E-state index is 13.7. The number of imide groups is 2. The number of aromatic nitrogens is 2. The minimum absolute atomic E-state index is 0.159. The largest absolute Gasteiger partial charge is 0.335 e. The fraction of sp³-hybridized carbons (Fsp3) is 0.208. The summed E-state index contributed by atoms with van der Waals surface area (Å²) in [5.74, 6) is -1.77. The van der Waals surface area contributed by atoms with Crippen LogP contribution < -0.4 is 10.2 Å². The number of anilines is 1. The van der Waals surface area contributed by atoms with Crippen LogP contribution in [0.5, 0.6) is 0 Å². The number of carbonyl (C=O) groups is 3. The first-order chi connectivity index (χ1) is 15.5. The molecule has 3 heterocycles. The molecule has 2 aromatic heterocycles. The molecule has 0 atom stereocenters. The van der Waals surface area contributed by atoms with Crippen LogP contribution in [0.25, 0.3) is 0 Å². The van der Waals surface area contributed by atoms with Gasteiger partial charge in [0, 0.05) is 23.8 Å². The molecule has 1 saturated heterocycles. The number of barbiturate groups is 1. The van der Waals surface area contributed by atoms with Crippen molar-refractivity contribution in [2.45, 2.75) is 25.7 Å². The van der Waals surface area contributed by atoms with Crippen molar-refractivity contribution in [1.29, 1.82) is 0 Å². The van der Waals surface area contributed by atoms with Crippen molar-refractivity contribution in [3.8, 4) is 0 Å². The van der Waals surface area contributed by atoms with E-state index in [-0.39, 0.29) is 18.5 Å². The molecule has 1 aliphatic heterocycles. The van der Waals surface area contributed by atoms with E-state index in [0.29, 0.717) is 12.8 Å². The highest BCUT2D eigenvalue weighted by molar-refractivity contribution is 6.29. The van der Waals surface area contributed by atoms with Gasteiger partial charge in [-0.2, -0.15) is 0 Å². The number of nitrogens with one attached hydrogen (secondary N) is 1. The molecule has 8 heteroatoms. The molecular weight excluding hydrogens is 411 g/mol. The van der Waals surface area contributed by atoms with Crippen molar-refractivity contribution < 1.29 is 18.8 Å². The number of urea groups is 1. The third-order valence-corrected chi connectivity index (χ3v) is 5.62. The standard InChI is InChI=1S/C24H21FN4O3/c25-17-7-9-20(10-8-17)29-22(31)24(21(30)28-23(29)32,13-11-18-5-1-3-15-26-18)14-12-19-6-2-4-16-27-19/h1-10,15-16H,11-14H2,(H,28,30,32). The van der Waals surface area contributed by atoms with Gasteiger partial charge in [-0.15, -0.1) is 0 Å². The summed E-state index contributed by atoms with van der Waals surface area (Å²) in [6.45, 7) is 0. The topological polar surface area (TPSA) is 92.3 Å². The summed E-state index contributed by atoms with van der Waals surface area (Å²) < 4.78 is 13.4. The summed E-state index contributed by atoms with van der Waals surface area (Å²) in [6.07, 6.45) is 4.35. The van der Waals surface area contributed by atoms with Gasteiger partial charge < -0.3 is 0 Å². The van der Waals surface area contributed by atoms with Crippen LogP contribution in [0.3, 0.4) is 0 Å². The molecule has 1 N–H and O–H groups in total. The average Bonchev–Trinajstić information content (AvgIpc) is 2.81. The van der Waals surface area contributed by atoms with E-state index in [1.807, 2.05) is 24.3 Å². The predicted molar refractivity (Wildman–Crippen MR) is 115 cm³/mol. The zero-order chi connectivity index (χ0) is 22.6. The first kappa shape index (κ1) is 21.3. The van der Waals surface area contributed by atoms with Crippen LogP contribution in [0.1, 0.15) is 24.2 Å². The fourth-order valence-electron chi connectivity index (χ4n) is 3.84. The van der Waals surface area contributed by atoms with Crippen molar-refractivity contribution in [2.24, 2.45) is 5.41 Å². The Morgan fingerprint density at radius 3 is 1.88 bits per heavy atom. The van der Waals surface area contributed by atoms with E-state index >= 15 is 0 Å². The lowest BCUT2D eigenvalue weighted by molar-refractivity contribution is -0.143. The Labute approximate surface area is 184 Å². The van der Waals surface area contributed by atoms with Gasteiger partial charge in [-0.05, 0) is 74.2 Å². The fourth-order valence-corrected chi connectivity index (χ4v) is 3.84. The molecule has 1 aliphatic rings. The molecule has 4 amide bonds. The van der Waals surface area contributed by atoms with Crippen LogP contribution >= 0.6 is 0 Å². The zero-order valence-electron chi connectivity index (χ0n) is 17.2. The van der Waals surface area contributed by atoms with Gasteiger partial charge in [0.1, 0.15) is 11.2 Å². The number of hydrogen-bond donors (Lipinski definition) is 1. The number of amides is 4. The van der Waals surface area contributed by atoms with E-state index in [9.17, 15) is 18.8 Å². The third-order valence-electron chi connectivity index (χ3n) is 5.62. The summed E-state index contributed by atoms with van der Waals surface area (Å²) >= 11 is 0. The molecule has 0 unspecified atom stereocenters. The molecule has 7 nitrogen and oxygen atoms in total. The molecule has 0 aliphatic carbocycles. The van der Waals surface area contributed by atoms with E-state index in [1.165, 1.54) is 12.1 Å². The van der Waals surface area contributed by atoms with Gasteiger partial charge in [0.2, 0.25) is 5.91 Å². The van der Waals surface area contributed by atoms with E-state index in [2.05, 4.69) is 15.3 Å². The van der Waals surface area contributed by atoms with Gasteiger partial charge >= 0.3 is 6.03 Å². The SMILES string of the molecule is O=C1NC(=O)C(CCc2ccccn2)(CCc2ccccn2)C(=O)N1c1ccc(F)cc1. The van der Waals surface area contributed by atoms with Crippen molar-refractivity contribution in [2.75, 3.05) is 4.90 Å². The number of aryl methyl sites for hydroxylation is 2. The van der Waals surface area contributed by atoms with Crippen molar-refractivity contribution >= 4 is 23.5 Å². The third kappa shape index (κ3) is 4.25. The second-order valence-corrected chi connectivity index (χ2v) is 7.60. The monoisotopic (exact) mass is 432 g/mol. The summed E-state index contributed by atoms with van der Waals surface area (Å²) in [5, 5.41) is 2.33. The summed E-state index contributed by atoms with van der Waals surface area (Å²) in [6, 6.07) is 15.0. The molecule has 162 valence electrons. The van der Waals surface area contributed by atoms with E-state index in [4.69, 9.17) is 0 Å². The number of pyridine rings is 2. The summed E-state index contributed by atoms with van der Waals surface area (Å²) in [4.78, 5) is 48.9. The number of nitrogens with zero attached hydrogens (tertiary/aromatic N) is 3. The lowest BCUT2D eigenvalue weighted by Crippen LogP contribution is -2.64. The number of benzene rings is 1. The molecule has 4 rings (SSSR count). The maximum Gasteiger partial charge on any atom is 0.335 e. The summed E-state index contributed by atoms with van der Waals surface area (Å²) in [5.41, 5.74) is 0.157. The van der Waals surface area contributed by atoms with Crippen LogP contribution in [0.2, 0.25) is 0 Å². The predicted octanol–water partition coefficient (Wildman–Crippen LogP) is 3.45. The number of halogens is 1. The average molecular weight is 432 g/mol. The van der Waals surface area contributed by atoms with Gasteiger partial charge in [0.05, 0.1) is 5.69 Å². The Kier molecular flexibility index (Phi) is 6.02. The van der Waals surface area contributed by atoms with Gasteiger partial charge in [-0.25, -0.2) is 14.1 Å². The molecule has 0 spiro atoms. The quantitative estimate of drug-likeness (QED) is 0.578. The van der Waals surface area contributed by atoms with Crippen molar-refractivity contribution in [3.05, 3.63) is 90.3 Å². The van der Waals surface area contributed by atoms with Crippen molar-refractivity contribution in [1.82, 2.24) is 15.3 Å². The number of rotatable bonds is 7. The van der Waals surface area contributed by atoms with Gasteiger partial charge in [-0.3, -0.25) is 24.9 Å². The first-order valence-electron chi connectivity index (χ1n) is 10.2. The smallest absolute Gasteiger partial charge is 0.276 e. The normalized spacial score (nSPS) is 15.5. The molecular formula is C24H21FN4O3. The van der Waals surface area contributed by atoms with E-state index in [0.717, 1.165) is 28.4 Å². The number of carbonyl (C=O) groups excluding carboxylic acids is 3.